The van der Waals surface area contributed by atoms with E-state index in [2.05, 4.69) is 6.07 Å². The molecule has 1 nitrogen and oxygen atoms in total. The molecular formula is C11H6F3O. The first-order valence-corrected chi connectivity index (χ1v) is 4.21. The van der Waals surface area contributed by atoms with Gasteiger partial charge < -0.3 is 4.42 Å². The van der Waals surface area contributed by atoms with Crippen LogP contribution >= 0.6 is 0 Å². The van der Waals surface area contributed by atoms with E-state index in [1.807, 2.05) is 0 Å². The molecule has 2 aromatic rings. The summed E-state index contributed by atoms with van der Waals surface area (Å²) in [5.41, 5.74) is -0.703. The van der Waals surface area contributed by atoms with Crippen molar-refractivity contribution in [3.8, 4) is 11.3 Å². The molecule has 0 aliphatic rings. The molecule has 0 saturated heterocycles. The number of furan rings is 1. The summed E-state index contributed by atoms with van der Waals surface area (Å²) in [6.07, 6.45) is -3.08. The maximum absolute atomic E-state index is 12.6. The molecule has 0 atom stereocenters. The van der Waals surface area contributed by atoms with Crippen molar-refractivity contribution < 1.29 is 17.6 Å². The van der Waals surface area contributed by atoms with Gasteiger partial charge in [0.25, 0.3) is 0 Å². The molecule has 2 rings (SSSR count). The zero-order valence-electron chi connectivity index (χ0n) is 7.51. The first-order chi connectivity index (χ1) is 7.09. The fourth-order valence-corrected chi connectivity index (χ4v) is 1.32. The molecule has 4 heteroatoms. The van der Waals surface area contributed by atoms with E-state index in [-0.39, 0.29) is 11.3 Å². The largest absolute Gasteiger partial charge is 0.464 e. The van der Waals surface area contributed by atoms with Gasteiger partial charge in [0.2, 0.25) is 0 Å². The molecule has 0 saturated carbocycles. The topological polar surface area (TPSA) is 13.1 Å². The quantitative estimate of drug-likeness (QED) is 0.699. The second-order valence-electron chi connectivity index (χ2n) is 2.94. The third-order valence-electron chi connectivity index (χ3n) is 1.95. The maximum Gasteiger partial charge on any atom is 0.417 e. The van der Waals surface area contributed by atoms with Crippen LogP contribution in [0, 0.1) is 6.07 Å². The van der Waals surface area contributed by atoms with Gasteiger partial charge >= 0.3 is 6.18 Å². The standard InChI is InChI=1S/C11H6F3O/c12-11(13,14)9-5-2-1-4-8(9)10-6-3-7-15-10/h1-5,7H. The maximum atomic E-state index is 12.6. The van der Waals surface area contributed by atoms with E-state index in [1.165, 1.54) is 30.5 Å². The highest BCUT2D eigenvalue weighted by Crippen LogP contribution is 2.36. The Bertz CT molecular complexity index is 443. The third-order valence-corrected chi connectivity index (χ3v) is 1.95. The third kappa shape index (κ3) is 1.88. The molecule has 0 aliphatic heterocycles. The number of hydrogen-bond donors (Lipinski definition) is 0. The fraction of sp³-hybridized carbons (Fsp3) is 0.0909. The average molecular weight is 211 g/mol. The molecule has 77 valence electrons. The first kappa shape index (κ1) is 9.83. The highest BCUT2D eigenvalue weighted by atomic mass is 19.4. The van der Waals surface area contributed by atoms with E-state index >= 15 is 0 Å². The number of benzene rings is 1. The summed E-state index contributed by atoms with van der Waals surface area (Å²) in [5, 5.41) is 0. The van der Waals surface area contributed by atoms with Gasteiger partial charge in [-0.1, -0.05) is 18.2 Å². The number of rotatable bonds is 1. The number of halogens is 3. The minimum Gasteiger partial charge on any atom is -0.464 e. The lowest BCUT2D eigenvalue weighted by molar-refractivity contribution is -0.137. The van der Waals surface area contributed by atoms with Gasteiger partial charge in [0.15, 0.2) is 0 Å². The highest BCUT2D eigenvalue weighted by Gasteiger charge is 2.33. The van der Waals surface area contributed by atoms with Crippen LogP contribution in [0.4, 0.5) is 13.2 Å². The Hall–Kier alpha value is -1.71. The molecule has 0 unspecified atom stereocenters. The van der Waals surface area contributed by atoms with Gasteiger partial charge in [-0.25, -0.2) is 0 Å². The molecule has 15 heavy (non-hydrogen) atoms. The van der Waals surface area contributed by atoms with Crippen LogP contribution < -0.4 is 0 Å². The van der Waals surface area contributed by atoms with Crippen LogP contribution in [-0.2, 0) is 6.18 Å². The Kier molecular flexibility index (Phi) is 2.26. The van der Waals surface area contributed by atoms with Gasteiger partial charge in [0.05, 0.1) is 11.8 Å². The van der Waals surface area contributed by atoms with Gasteiger partial charge in [-0.2, -0.15) is 13.2 Å². The van der Waals surface area contributed by atoms with Crippen LogP contribution in [0.2, 0.25) is 0 Å². The van der Waals surface area contributed by atoms with E-state index < -0.39 is 11.7 Å². The summed E-state index contributed by atoms with van der Waals surface area (Å²) in [5.74, 6) is 0.0999. The molecule has 0 N–H and O–H groups in total. The Morgan fingerprint density at radius 1 is 1.13 bits per heavy atom. The zero-order valence-corrected chi connectivity index (χ0v) is 7.51. The van der Waals surface area contributed by atoms with Gasteiger partial charge in [-0.15, -0.1) is 0 Å². The monoisotopic (exact) mass is 211 g/mol. The Balaban J connectivity index is 2.58. The molecule has 0 bridgehead atoms. The van der Waals surface area contributed by atoms with Crippen LogP contribution in [0.15, 0.2) is 41.0 Å². The molecule has 0 spiro atoms. The van der Waals surface area contributed by atoms with Crippen molar-refractivity contribution in [1.29, 1.82) is 0 Å². The van der Waals surface area contributed by atoms with E-state index in [9.17, 15) is 13.2 Å². The van der Waals surface area contributed by atoms with Crippen molar-refractivity contribution in [3.05, 3.63) is 48.2 Å². The lowest BCUT2D eigenvalue weighted by atomic mass is 10.1. The Morgan fingerprint density at radius 2 is 1.87 bits per heavy atom. The fourth-order valence-electron chi connectivity index (χ4n) is 1.32. The summed E-state index contributed by atoms with van der Waals surface area (Å²) in [6, 6.07) is 9.28. The van der Waals surface area contributed by atoms with Crippen LogP contribution in [0.3, 0.4) is 0 Å². The van der Waals surface area contributed by atoms with Crippen molar-refractivity contribution in [2.45, 2.75) is 6.18 Å². The van der Waals surface area contributed by atoms with Crippen molar-refractivity contribution in [3.63, 3.8) is 0 Å². The highest BCUT2D eigenvalue weighted by molar-refractivity contribution is 5.62. The zero-order chi connectivity index (χ0) is 10.9. The molecule has 0 fully saturated rings. The van der Waals surface area contributed by atoms with E-state index in [1.54, 1.807) is 0 Å². The lowest BCUT2D eigenvalue weighted by Gasteiger charge is -2.10. The van der Waals surface area contributed by atoms with Gasteiger partial charge in [0, 0.05) is 11.6 Å². The molecular weight excluding hydrogens is 205 g/mol. The molecule has 1 aromatic heterocycles. The normalized spacial score (nSPS) is 11.7. The summed E-state index contributed by atoms with van der Waals surface area (Å²) in [7, 11) is 0. The first-order valence-electron chi connectivity index (χ1n) is 4.21. The second-order valence-corrected chi connectivity index (χ2v) is 2.94. The second kappa shape index (κ2) is 3.46. The van der Waals surface area contributed by atoms with E-state index in [0.29, 0.717) is 0 Å². The lowest BCUT2D eigenvalue weighted by Crippen LogP contribution is -2.06. The van der Waals surface area contributed by atoms with Crippen LogP contribution in [0.1, 0.15) is 5.56 Å². The van der Waals surface area contributed by atoms with Crippen molar-refractivity contribution >= 4 is 0 Å². The smallest absolute Gasteiger partial charge is 0.417 e. The van der Waals surface area contributed by atoms with Gasteiger partial charge in [-0.3, -0.25) is 0 Å². The molecule has 0 aliphatic carbocycles. The van der Waals surface area contributed by atoms with Crippen molar-refractivity contribution in [2.75, 3.05) is 0 Å². The summed E-state index contributed by atoms with van der Waals surface area (Å²) < 4.78 is 42.7. The van der Waals surface area contributed by atoms with Crippen LogP contribution in [0.5, 0.6) is 0 Å². The molecule has 1 radical (unpaired) electrons. The molecule has 1 aromatic carbocycles. The van der Waals surface area contributed by atoms with Crippen molar-refractivity contribution in [2.24, 2.45) is 0 Å². The van der Waals surface area contributed by atoms with Crippen LogP contribution in [0.25, 0.3) is 11.3 Å². The van der Waals surface area contributed by atoms with E-state index in [4.69, 9.17) is 4.42 Å². The van der Waals surface area contributed by atoms with E-state index in [0.717, 1.165) is 6.07 Å². The van der Waals surface area contributed by atoms with Crippen LogP contribution in [-0.4, -0.2) is 0 Å². The van der Waals surface area contributed by atoms with Gasteiger partial charge in [0.1, 0.15) is 5.76 Å². The summed E-state index contributed by atoms with van der Waals surface area (Å²) in [4.78, 5) is 0. The SMILES string of the molecule is FC(F)(F)c1ccccc1-c1[c]cco1. The minimum absolute atomic E-state index is 0.00926. The number of hydrogen-bond acceptors (Lipinski definition) is 1. The number of alkyl halides is 3. The average Bonchev–Trinajstić information content (AvgIpc) is 2.69. The predicted molar refractivity (Wildman–Crippen MR) is 48.0 cm³/mol. The Morgan fingerprint density at radius 3 is 2.47 bits per heavy atom. The molecule has 1 heterocycles. The van der Waals surface area contributed by atoms with Gasteiger partial charge in [-0.05, 0) is 12.1 Å². The minimum atomic E-state index is -4.38. The molecule has 0 amide bonds. The summed E-state index contributed by atoms with van der Waals surface area (Å²) in [6.45, 7) is 0. The Labute approximate surface area is 84.1 Å². The predicted octanol–water partition coefficient (Wildman–Crippen LogP) is 3.77. The van der Waals surface area contributed by atoms with Crippen molar-refractivity contribution in [1.82, 2.24) is 0 Å². The summed E-state index contributed by atoms with van der Waals surface area (Å²) >= 11 is 0.